The Morgan fingerprint density at radius 3 is 2.43 bits per heavy atom. The van der Waals surface area contributed by atoms with E-state index in [9.17, 15) is 19.5 Å². The quantitative estimate of drug-likeness (QED) is 0.275. The fourth-order valence-electron chi connectivity index (χ4n) is 9.07. The molecule has 3 saturated carbocycles. The summed E-state index contributed by atoms with van der Waals surface area (Å²) in [6, 6.07) is -0.217. The Kier molecular flexibility index (Phi) is 8.94. The number of aliphatic hydroxyl groups is 1. The van der Waals surface area contributed by atoms with Crippen LogP contribution in [-0.4, -0.2) is 68.6 Å². The molecule has 1 amide bonds. The average Bonchev–Trinajstić information content (AvgIpc) is 3.37. The molecule has 3 aliphatic carbocycles. The van der Waals surface area contributed by atoms with E-state index in [1.54, 1.807) is 0 Å². The van der Waals surface area contributed by atoms with Crippen LogP contribution in [0.3, 0.4) is 0 Å². The number of ketones is 1. The van der Waals surface area contributed by atoms with Gasteiger partial charge in [-0.3, -0.25) is 19.7 Å². The lowest BCUT2D eigenvalue weighted by molar-refractivity contribution is -0.205. The van der Waals surface area contributed by atoms with E-state index in [0.29, 0.717) is 19.4 Å². The zero-order chi connectivity index (χ0) is 31.6. The minimum atomic E-state index is -0.680. The van der Waals surface area contributed by atoms with E-state index in [-0.39, 0.29) is 63.3 Å². The van der Waals surface area contributed by atoms with Gasteiger partial charge in [0.05, 0.1) is 23.6 Å². The molecule has 1 aliphatic heterocycles. The summed E-state index contributed by atoms with van der Waals surface area (Å²) < 4.78 is 6.04. The van der Waals surface area contributed by atoms with Gasteiger partial charge in [0.2, 0.25) is 5.91 Å². The van der Waals surface area contributed by atoms with Crippen molar-refractivity contribution < 1.29 is 24.2 Å². The summed E-state index contributed by atoms with van der Waals surface area (Å²) in [6.45, 7) is 25.4. The molecule has 0 spiro atoms. The van der Waals surface area contributed by atoms with Gasteiger partial charge in [-0.25, -0.2) is 0 Å². The predicted molar refractivity (Wildman–Crippen MR) is 169 cm³/mol. The van der Waals surface area contributed by atoms with Gasteiger partial charge in [0.15, 0.2) is 0 Å². The maximum Gasteiger partial charge on any atom is 0.316 e. The minimum Gasteiger partial charge on any atom is -0.461 e. The van der Waals surface area contributed by atoms with Gasteiger partial charge in [-0.1, -0.05) is 47.6 Å². The lowest BCUT2D eigenvalue weighted by atomic mass is 9.44. The second kappa shape index (κ2) is 11.2. The van der Waals surface area contributed by atoms with Crippen molar-refractivity contribution in [1.82, 2.24) is 10.2 Å². The van der Waals surface area contributed by atoms with Crippen molar-refractivity contribution in [2.75, 3.05) is 12.3 Å². The third-order valence-corrected chi connectivity index (χ3v) is 13.4. The third-order valence-electron chi connectivity index (χ3n) is 12.1. The highest BCUT2D eigenvalue weighted by Gasteiger charge is 2.68. The Balaban J connectivity index is 1.55. The van der Waals surface area contributed by atoms with E-state index in [2.05, 4.69) is 46.5 Å². The van der Waals surface area contributed by atoms with E-state index in [1.807, 2.05) is 45.6 Å². The number of carbonyl (C=O) groups excluding carboxylic acids is 3. The van der Waals surface area contributed by atoms with Crippen LogP contribution in [0.4, 0.5) is 0 Å². The lowest BCUT2D eigenvalue weighted by Gasteiger charge is -2.61. The number of hydrogen-bond acceptors (Lipinski definition) is 7. The summed E-state index contributed by atoms with van der Waals surface area (Å²) in [7, 11) is 0. The SMILES string of the molecule is C=C[C@]1(C)C[C@@H](OC(=O)CSC(C)(C)CN2C(=O)[C@@H](C(C)C)NC2(C)C)[C@]2(C)C(C)CC[C@]3(CCC(=O)[C@@H]32)[C@@H](C)[C@@H]1O. The van der Waals surface area contributed by atoms with Crippen molar-refractivity contribution in [2.45, 2.75) is 130 Å². The molecule has 238 valence electrons. The number of carbonyl (C=O) groups is 3. The van der Waals surface area contributed by atoms with Gasteiger partial charge in [0.25, 0.3) is 0 Å². The van der Waals surface area contributed by atoms with E-state index >= 15 is 0 Å². The Morgan fingerprint density at radius 1 is 1.21 bits per heavy atom. The number of nitrogens with zero attached hydrogens (tertiary/aromatic N) is 1. The van der Waals surface area contributed by atoms with Crippen LogP contribution >= 0.6 is 11.8 Å². The molecule has 2 bridgehead atoms. The summed E-state index contributed by atoms with van der Waals surface area (Å²) in [4.78, 5) is 42.4. The smallest absolute Gasteiger partial charge is 0.316 e. The summed E-state index contributed by atoms with van der Waals surface area (Å²) in [5, 5.41) is 15.2. The number of amides is 1. The zero-order valence-electron chi connectivity index (χ0n) is 27.7. The Hall–Kier alpha value is -1.38. The van der Waals surface area contributed by atoms with Crippen LogP contribution in [0.2, 0.25) is 0 Å². The summed E-state index contributed by atoms with van der Waals surface area (Å²) in [6.07, 6.45) is 4.23. The van der Waals surface area contributed by atoms with E-state index in [0.717, 1.165) is 19.3 Å². The molecular weight excluding hydrogens is 548 g/mol. The molecule has 0 aromatic carbocycles. The Labute approximate surface area is 258 Å². The van der Waals surface area contributed by atoms with Gasteiger partial charge >= 0.3 is 5.97 Å². The van der Waals surface area contributed by atoms with Crippen LogP contribution in [0.15, 0.2) is 12.7 Å². The molecule has 0 aromatic heterocycles. The van der Waals surface area contributed by atoms with Gasteiger partial charge < -0.3 is 14.7 Å². The maximum absolute atomic E-state index is 13.6. The molecule has 4 rings (SSSR count). The average molecular weight is 605 g/mol. The summed E-state index contributed by atoms with van der Waals surface area (Å²) in [5.41, 5.74) is -1.94. The van der Waals surface area contributed by atoms with Crippen molar-refractivity contribution in [3.05, 3.63) is 12.7 Å². The molecule has 0 radical (unpaired) electrons. The lowest BCUT2D eigenvalue weighted by Crippen LogP contribution is -2.63. The van der Waals surface area contributed by atoms with Crippen LogP contribution in [-0.2, 0) is 19.1 Å². The summed E-state index contributed by atoms with van der Waals surface area (Å²) >= 11 is 1.50. The number of rotatable bonds is 8. The van der Waals surface area contributed by atoms with E-state index in [1.165, 1.54) is 11.8 Å². The van der Waals surface area contributed by atoms with Gasteiger partial charge in [0.1, 0.15) is 11.9 Å². The van der Waals surface area contributed by atoms with E-state index in [4.69, 9.17) is 4.74 Å². The molecule has 0 aromatic rings. The highest BCUT2D eigenvalue weighted by atomic mass is 32.2. The highest BCUT2D eigenvalue weighted by Crippen LogP contribution is 2.68. The van der Waals surface area contributed by atoms with Crippen LogP contribution in [0.1, 0.15) is 101 Å². The van der Waals surface area contributed by atoms with Crippen molar-refractivity contribution in [3.8, 4) is 0 Å². The molecule has 9 atom stereocenters. The van der Waals surface area contributed by atoms with Crippen molar-refractivity contribution >= 4 is 29.4 Å². The number of Topliss-reactive ketones (excluding diaryl/α,β-unsaturated/α-hetero) is 1. The fraction of sp³-hybridized carbons (Fsp3) is 0.853. The molecule has 42 heavy (non-hydrogen) atoms. The topological polar surface area (TPSA) is 95.9 Å². The number of esters is 1. The second-order valence-corrected chi connectivity index (χ2v) is 17.6. The van der Waals surface area contributed by atoms with Crippen LogP contribution in [0, 0.1) is 39.9 Å². The highest BCUT2D eigenvalue weighted by molar-refractivity contribution is 8.01. The fourth-order valence-corrected chi connectivity index (χ4v) is 9.86. The van der Waals surface area contributed by atoms with Crippen LogP contribution in [0.25, 0.3) is 0 Å². The maximum atomic E-state index is 13.6. The van der Waals surface area contributed by atoms with Crippen molar-refractivity contribution in [3.63, 3.8) is 0 Å². The molecule has 8 heteroatoms. The second-order valence-electron chi connectivity index (χ2n) is 16.0. The third kappa shape index (κ3) is 5.40. The number of nitrogens with one attached hydrogen (secondary N) is 1. The first kappa shape index (κ1) is 33.5. The van der Waals surface area contributed by atoms with Gasteiger partial charge in [0, 0.05) is 34.5 Å². The molecule has 7 nitrogen and oxygen atoms in total. The number of hydrogen-bond donors (Lipinski definition) is 2. The number of ether oxygens (including phenoxy) is 1. The first-order chi connectivity index (χ1) is 19.3. The Morgan fingerprint density at radius 2 is 1.86 bits per heavy atom. The van der Waals surface area contributed by atoms with Crippen LogP contribution in [0.5, 0.6) is 0 Å². The Bertz CT molecular complexity index is 1110. The largest absolute Gasteiger partial charge is 0.461 e. The first-order valence-electron chi connectivity index (χ1n) is 16.0. The minimum absolute atomic E-state index is 0.0564. The molecule has 4 aliphatic rings. The zero-order valence-corrected chi connectivity index (χ0v) is 28.5. The molecular formula is C34H56N2O5S. The van der Waals surface area contributed by atoms with Crippen molar-refractivity contribution in [1.29, 1.82) is 0 Å². The number of aliphatic hydroxyl groups excluding tert-OH is 1. The first-order valence-corrected chi connectivity index (χ1v) is 17.0. The molecule has 1 heterocycles. The van der Waals surface area contributed by atoms with Gasteiger partial charge in [-0.15, -0.1) is 18.3 Å². The predicted octanol–water partition coefficient (Wildman–Crippen LogP) is 5.60. The molecule has 1 unspecified atom stereocenters. The standard InChI is InChI=1S/C34H56N2O5S/c1-12-32(10)17-24(33(11)21(4)13-15-34(22(5)28(32)39)16-14-23(37)27(33)34)41-25(38)18-42-30(6,7)19-36-29(40)26(20(2)3)35-31(36,8)9/h12,20-22,24,26-28,35,39H,1,13-19H2,2-11H3/t21?,22-,24+,26+,27+,28-,32+,33-,34-/m0/s1. The van der Waals surface area contributed by atoms with Crippen LogP contribution < -0.4 is 5.32 Å². The van der Waals surface area contributed by atoms with Crippen molar-refractivity contribution in [2.24, 2.45) is 39.9 Å². The molecule has 4 fully saturated rings. The van der Waals surface area contributed by atoms with E-state index < -0.39 is 28.7 Å². The number of thioether (sulfide) groups is 1. The molecule has 2 N–H and O–H groups in total. The normalized spacial score (nSPS) is 41.9. The molecule has 1 saturated heterocycles. The van der Waals surface area contributed by atoms with Gasteiger partial charge in [-0.05, 0) is 76.5 Å². The monoisotopic (exact) mass is 604 g/mol. The van der Waals surface area contributed by atoms with Gasteiger partial charge in [-0.2, -0.15) is 0 Å². The summed E-state index contributed by atoms with van der Waals surface area (Å²) in [5.74, 6) is 0.278.